The van der Waals surface area contributed by atoms with Crippen LogP contribution in [0.5, 0.6) is 0 Å². The summed E-state index contributed by atoms with van der Waals surface area (Å²) in [5, 5.41) is 9.43. The van der Waals surface area contributed by atoms with Crippen molar-refractivity contribution < 1.29 is 14.7 Å². The zero-order valence-electron chi connectivity index (χ0n) is 11.4. The summed E-state index contributed by atoms with van der Waals surface area (Å²) >= 11 is 0. The monoisotopic (exact) mass is 273 g/mol. The van der Waals surface area contributed by atoms with E-state index in [9.17, 15) is 14.7 Å². The summed E-state index contributed by atoms with van der Waals surface area (Å²) in [7, 11) is 0. The number of rotatable bonds is 2. The van der Waals surface area contributed by atoms with Gasteiger partial charge in [0.05, 0.1) is 0 Å². The number of carboxylic acid groups (broad SMARTS) is 1. The molecule has 0 radical (unpaired) electrons. The lowest BCUT2D eigenvalue weighted by atomic mass is 9.84. The minimum absolute atomic E-state index is 0.109. The molecule has 0 bridgehead atoms. The third-order valence-corrected chi connectivity index (χ3v) is 4.63. The van der Waals surface area contributed by atoms with E-state index < -0.39 is 12.0 Å². The summed E-state index contributed by atoms with van der Waals surface area (Å²) in [6, 6.07) is 8.47. The summed E-state index contributed by atoms with van der Waals surface area (Å²) in [5.41, 5.74) is 0.588. The molecule has 3 rings (SSSR count). The van der Waals surface area contributed by atoms with Crippen molar-refractivity contribution in [1.29, 1.82) is 0 Å². The van der Waals surface area contributed by atoms with Gasteiger partial charge in [-0.15, -0.1) is 0 Å². The molecule has 1 aliphatic carbocycles. The molecule has 1 N–H and O–H groups in total. The number of amides is 1. The minimum atomic E-state index is -0.872. The summed E-state index contributed by atoms with van der Waals surface area (Å²) in [4.78, 5) is 25.8. The van der Waals surface area contributed by atoms with E-state index in [0.717, 1.165) is 25.7 Å². The number of carboxylic acids is 1. The van der Waals surface area contributed by atoms with E-state index in [4.69, 9.17) is 0 Å². The fourth-order valence-electron chi connectivity index (χ4n) is 3.70. The number of aliphatic carboxylic acids is 1. The van der Waals surface area contributed by atoms with Crippen molar-refractivity contribution in [3.05, 3.63) is 35.9 Å². The Balaban J connectivity index is 1.91. The first-order chi connectivity index (χ1) is 9.68. The van der Waals surface area contributed by atoms with Crippen LogP contribution in [0.2, 0.25) is 0 Å². The number of benzene rings is 1. The van der Waals surface area contributed by atoms with E-state index in [-0.39, 0.29) is 11.9 Å². The number of hydrogen-bond donors (Lipinski definition) is 1. The van der Waals surface area contributed by atoms with Crippen molar-refractivity contribution in [1.82, 2.24) is 4.90 Å². The van der Waals surface area contributed by atoms with Gasteiger partial charge in [0.25, 0.3) is 5.91 Å². The van der Waals surface area contributed by atoms with Crippen LogP contribution < -0.4 is 0 Å². The average Bonchev–Trinajstić information content (AvgIpc) is 2.87. The molecule has 106 valence electrons. The van der Waals surface area contributed by atoms with Gasteiger partial charge in [-0.05, 0) is 37.3 Å². The molecule has 4 heteroatoms. The smallest absolute Gasteiger partial charge is 0.326 e. The summed E-state index contributed by atoms with van der Waals surface area (Å²) in [6.07, 6.45) is 4.84. The van der Waals surface area contributed by atoms with E-state index in [1.54, 1.807) is 17.0 Å². The second kappa shape index (κ2) is 5.27. The van der Waals surface area contributed by atoms with E-state index in [2.05, 4.69) is 0 Å². The van der Waals surface area contributed by atoms with Gasteiger partial charge in [-0.2, -0.15) is 0 Å². The Bertz CT molecular complexity index is 514. The zero-order valence-corrected chi connectivity index (χ0v) is 11.4. The summed E-state index contributed by atoms with van der Waals surface area (Å²) in [5.74, 6) is -0.645. The highest BCUT2D eigenvalue weighted by atomic mass is 16.4. The highest BCUT2D eigenvalue weighted by Gasteiger charge is 2.47. The molecule has 0 unspecified atom stereocenters. The van der Waals surface area contributed by atoms with Crippen LogP contribution in [0, 0.1) is 5.92 Å². The number of fused-ring (bicyclic) bond motifs is 1. The second-order valence-electron chi connectivity index (χ2n) is 5.78. The molecule has 20 heavy (non-hydrogen) atoms. The number of carbonyl (C=O) groups is 2. The van der Waals surface area contributed by atoms with Gasteiger partial charge in [0, 0.05) is 11.6 Å². The molecule has 1 aliphatic heterocycles. The van der Waals surface area contributed by atoms with E-state index in [1.165, 1.54) is 0 Å². The van der Waals surface area contributed by atoms with Crippen molar-refractivity contribution in [2.75, 3.05) is 0 Å². The number of carbonyl (C=O) groups excluding carboxylic acids is 1. The van der Waals surface area contributed by atoms with Crippen LogP contribution in [0.25, 0.3) is 0 Å². The van der Waals surface area contributed by atoms with Crippen LogP contribution >= 0.6 is 0 Å². The molecule has 1 amide bonds. The second-order valence-corrected chi connectivity index (χ2v) is 5.78. The topological polar surface area (TPSA) is 57.6 Å². The van der Waals surface area contributed by atoms with Gasteiger partial charge >= 0.3 is 5.97 Å². The maximum absolute atomic E-state index is 12.7. The third kappa shape index (κ3) is 2.19. The van der Waals surface area contributed by atoms with Crippen molar-refractivity contribution >= 4 is 11.9 Å². The lowest BCUT2D eigenvalue weighted by Crippen LogP contribution is -2.46. The molecule has 0 aromatic heterocycles. The van der Waals surface area contributed by atoms with Gasteiger partial charge in [0.15, 0.2) is 0 Å². The van der Waals surface area contributed by atoms with Crippen LogP contribution in [0.15, 0.2) is 30.3 Å². The van der Waals surface area contributed by atoms with Crippen LogP contribution in [0.3, 0.4) is 0 Å². The fourth-order valence-corrected chi connectivity index (χ4v) is 3.70. The minimum Gasteiger partial charge on any atom is -0.480 e. The summed E-state index contributed by atoms with van der Waals surface area (Å²) < 4.78 is 0. The normalized spacial score (nSPS) is 29.0. The molecule has 1 aromatic rings. The standard InChI is InChI=1S/C16H19NO3/c18-15(11-6-2-1-3-7-11)17-13-9-5-4-8-12(13)10-14(17)16(19)20/h1-3,6-7,12-14H,4-5,8-10H2,(H,19,20)/t12-,13+,14+/m1/s1. The average molecular weight is 273 g/mol. The first kappa shape index (κ1) is 13.2. The third-order valence-electron chi connectivity index (χ3n) is 4.63. The maximum atomic E-state index is 12.7. The SMILES string of the molecule is O=C(O)[C@@H]1C[C@H]2CCCC[C@@H]2N1C(=O)c1ccccc1. The lowest BCUT2D eigenvalue weighted by molar-refractivity contribution is -0.141. The van der Waals surface area contributed by atoms with Crippen molar-refractivity contribution in [3.63, 3.8) is 0 Å². The van der Waals surface area contributed by atoms with Gasteiger partial charge < -0.3 is 10.0 Å². The molecule has 0 spiro atoms. The highest BCUT2D eigenvalue weighted by molar-refractivity contribution is 5.97. The Morgan fingerprint density at radius 1 is 1.10 bits per heavy atom. The molecule has 4 nitrogen and oxygen atoms in total. The van der Waals surface area contributed by atoms with Crippen LogP contribution in [-0.4, -0.2) is 34.0 Å². The van der Waals surface area contributed by atoms with Crippen LogP contribution in [0.4, 0.5) is 0 Å². The van der Waals surface area contributed by atoms with Gasteiger partial charge in [0.2, 0.25) is 0 Å². The Hall–Kier alpha value is -1.84. The molecule has 1 heterocycles. The maximum Gasteiger partial charge on any atom is 0.326 e. The van der Waals surface area contributed by atoms with Gasteiger partial charge in [0.1, 0.15) is 6.04 Å². The molecular formula is C16H19NO3. The fraction of sp³-hybridized carbons (Fsp3) is 0.500. The lowest BCUT2D eigenvalue weighted by Gasteiger charge is -2.33. The van der Waals surface area contributed by atoms with Gasteiger partial charge in [-0.25, -0.2) is 4.79 Å². The number of likely N-dealkylation sites (tertiary alicyclic amines) is 1. The highest BCUT2D eigenvalue weighted by Crippen LogP contribution is 2.40. The molecule has 1 saturated heterocycles. The molecule has 1 saturated carbocycles. The molecule has 1 aromatic carbocycles. The first-order valence-corrected chi connectivity index (χ1v) is 7.29. The van der Waals surface area contributed by atoms with Gasteiger partial charge in [-0.3, -0.25) is 4.79 Å². The van der Waals surface area contributed by atoms with E-state index >= 15 is 0 Å². The molecule has 3 atom stereocenters. The van der Waals surface area contributed by atoms with Crippen molar-refractivity contribution in [2.45, 2.75) is 44.2 Å². The molecule has 2 fully saturated rings. The predicted molar refractivity (Wildman–Crippen MR) is 74.4 cm³/mol. The largest absolute Gasteiger partial charge is 0.480 e. The van der Waals surface area contributed by atoms with Crippen LogP contribution in [0.1, 0.15) is 42.5 Å². The van der Waals surface area contributed by atoms with Crippen molar-refractivity contribution in [3.8, 4) is 0 Å². The van der Waals surface area contributed by atoms with Crippen molar-refractivity contribution in [2.24, 2.45) is 5.92 Å². The number of nitrogens with zero attached hydrogens (tertiary/aromatic N) is 1. The first-order valence-electron chi connectivity index (χ1n) is 7.29. The quantitative estimate of drug-likeness (QED) is 0.901. The zero-order chi connectivity index (χ0) is 14.1. The Morgan fingerprint density at radius 3 is 2.50 bits per heavy atom. The Morgan fingerprint density at radius 2 is 1.80 bits per heavy atom. The van der Waals surface area contributed by atoms with E-state index in [1.807, 2.05) is 18.2 Å². The molecular weight excluding hydrogens is 254 g/mol. The summed E-state index contributed by atoms with van der Waals surface area (Å²) in [6.45, 7) is 0. The Labute approximate surface area is 118 Å². The van der Waals surface area contributed by atoms with Gasteiger partial charge in [-0.1, -0.05) is 31.0 Å². The predicted octanol–water partition coefficient (Wildman–Crippen LogP) is 2.54. The van der Waals surface area contributed by atoms with E-state index in [0.29, 0.717) is 17.9 Å². The van der Waals surface area contributed by atoms with Crippen LogP contribution in [-0.2, 0) is 4.79 Å². The molecule has 2 aliphatic rings. The number of hydrogen-bond acceptors (Lipinski definition) is 2. The Kier molecular flexibility index (Phi) is 3.47.